The Bertz CT molecular complexity index is 511. The third-order valence-electron chi connectivity index (χ3n) is 3.36. The summed E-state index contributed by atoms with van der Waals surface area (Å²) in [7, 11) is 0. The van der Waals surface area contributed by atoms with Crippen LogP contribution in [-0.4, -0.2) is 30.1 Å². The van der Waals surface area contributed by atoms with Crippen molar-refractivity contribution >= 4 is 17.6 Å². The van der Waals surface area contributed by atoms with Crippen molar-refractivity contribution in [3.8, 4) is 5.75 Å². The number of amides is 1. The molecule has 0 radical (unpaired) electrons. The van der Waals surface area contributed by atoms with E-state index < -0.39 is 5.97 Å². The van der Waals surface area contributed by atoms with Gasteiger partial charge in [-0.15, -0.1) is 0 Å². The molecule has 0 spiro atoms. The molecule has 5 heteroatoms. The van der Waals surface area contributed by atoms with Gasteiger partial charge < -0.3 is 14.7 Å². The van der Waals surface area contributed by atoms with Crippen LogP contribution in [0.15, 0.2) is 24.3 Å². The Morgan fingerprint density at radius 1 is 1.33 bits per heavy atom. The maximum Gasteiger partial charge on any atom is 0.305 e. The van der Waals surface area contributed by atoms with Gasteiger partial charge in [-0.2, -0.15) is 0 Å². The van der Waals surface area contributed by atoms with Crippen molar-refractivity contribution in [3.05, 3.63) is 24.3 Å². The molecule has 0 heterocycles. The number of nitrogens with zero attached hydrogens (tertiary/aromatic N) is 1. The number of hydrogen-bond acceptors (Lipinski definition) is 3. The molecule has 0 atom stereocenters. The molecule has 0 aromatic heterocycles. The molecule has 1 aromatic carbocycles. The fraction of sp³-hybridized carbons (Fsp3) is 0.500. The highest BCUT2D eigenvalue weighted by molar-refractivity contribution is 5.98. The van der Waals surface area contributed by atoms with Crippen LogP contribution in [-0.2, 0) is 9.59 Å². The molecule has 1 amide bonds. The summed E-state index contributed by atoms with van der Waals surface area (Å²) in [5, 5.41) is 8.89. The van der Waals surface area contributed by atoms with E-state index in [1.165, 1.54) is 0 Å². The maximum absolute atomic E-state index is 12.4. The van der Waals surface area contributed by atoms with Crippen molar-refractivity contribution in [2.75, 3.05) is 18.1 Å². The minimum Gasteiger partial charge on any atom is -0.491 e. The van der Waals surface area contributed by atoms with Crippen LogP contribution in [0.25, 0.3) is 0 Å². The summed E-state index contributed by atoms with van der Waals surface area (Å²) in [6.45, 7) is 2.76. The number of ether oxygens (including phenoxy) is 1. The molecule has 0 bridgehead atoms. The van der Waals surface area contributed by atoms with Crippen LogP contribution in [0.4, 0.5) is 5.69 Å². The van der Waals surface area contributed by atoms with E-state index >= 15 is 0 Å². The van der Waals surface area contributed by atoms with E-state index in [0.29, 0.717) is 18.0 Å². The molecule has 114 valence electrons. The SMILES string of the molecule is CCCOc1ccccc1N(CCC(=O)O)C(=O)C1CC1. The molecular formula is C16H21NO4. The number of benzene rings is 1. The highest BCUT2D eigenvalue weighted by Gasteiger charge is 2.35. The van der Waals surface area contributed by atoms with E-state index in [1.54, 1.807) is 4.90 Å². The van der Waals surface area contributed by atoms with Gasteiger partial charge in [0.15, 0.2) is 0 Å². The summed E-state index contributed by atoms with van der Waals surface area (Å²) >= 11 is 0. The van der Waals surface area contributed by atoms with Crippen molar-refractivity contribution < 1.29 is 19.4 Å². The second kappa shape index (κ2) is 7.11. The van der Waals surface area contributed by atoms with Gasteiger partial charge in [0.2, 0.25) is 5.91 Å². The van der Waals surface area contributed by atoms with Crippen LogP contribution in [0, 0.1) is 5.92 Å². The molecule has 1 fully saturated rings. The first-order valence-corrected chi connectivity index (χ1v) is 7.38. The summed E-state index contributed by atoms with van der Waals surface area (Å²) in [5.74, 6) is -0.226. The number of carboxylic acids is 1. The number of hydrogen-bond donors (Lipinski definition) is 1. The zero-order valence-corrected chi connectivity index (χ0v) is 12.2. The second-order valence-corrected chi connectivity index (χ2v) is 5.22. The maximum atomic E-state index is 12.4. The van der Waals surface area contributed by atoms with Gasteiger partial charge in [-0.05, 0) is 31.4 Å². The molecule has 21 heavy (non-hydrogen) atoms. The van der Waals surface area contributed by atoms with Crippen molar-refractivity contribution in [3.63, 3.8) is 0 Å². The van der Waals surface area contributed by atoms with Crippen LogP contribution >= 0.6 is 0 Å². The Labute approximate surface area is 124 Å². The lowest BCUT2D eigenvalue weighted by Crippen LogP contribution is -2.34. The fourth-order valence-corrected chi connectivity index (χ4v) is 2.12. The van der Waals surface area contributed by atoms with E-state index in [9.17, 15) is 9.59 Å². The van der Waals surface area contributed by atoms with Gasteiger partial charge in [0.25, 0.3) is 0 Å². The standard InChI is InChI=1S/C16H21NO4/c1-2-11-21-14-6-4-3-5-13(14)17(10-9-15(18)19)16(20)12-7-8-12/h3-6,12H,2,7-11H2,1H3,(H,18,19). The van der Waals surface area contributed by atoms with Crippen LogP contribution in [0.1, 0.15) is 32.6 Å². The van der Waals surface area contributed by atoms with Gasteiger partial charge in [-0.25, -0.2) is 0 Å². The lowest BCUT2D eigenvalue weighted by atomic mass is 10.2. The largest absolute Gasteiger partial charge is 0.491 e. The molecule has 0 unspecified atom stereocenters. The monoisotopic (exact) mass is 291 g/mol. The normalized spacial score (nSPS) is 13.8. The van der Waals surface area contributed by atoms with Crippen molar-refractivity contribution in [1.82, 2.24) is 0 Å². The Hall–Kier alpha value is -2.04. The lowest BCUT2D eigenvalue weighted by molar-refractivity contribution is -0.136. The number of rotatable bonds is 8. The quantitative estimate of drug-likeness (QED) is 0.799. The van der Waals surface area contributed by atoms with Crippen molar-refractivity contribution in [2.45, 2.75) is 32.6 Å². The predicted molar refractivity (Wildman–Crippen MR) is 79.6 cm³/mol. The Balaban J connectivity index is 2.21. The van der Waals surface area contributed by atoms with Gasteiger partial charge in [-0.3, -0.25) is 9.59 Å². The molecule has 1 aromatic rings. The first-order valence-electron chi connectivity index (χ1n) is 7.38. The third kappa shape index (κ3) is 4.21. The van der Waals surface area contributed by atoms with E-state index in [-0.39, 0.29) is 24.8 Å². The molecule has 1 aliphatic rings. The number of aliphatic carboxylic acids is 1. The summed E-state index contributed by atoms with van der Waals surface area (Å²) in [5.41, 5.74) is 0.670. The zero-order chi connectivity index (χ0) is 15.2. The van der Waals surface area contributed by atoms with Gasteiger partial charge in [0, 0.05) is 12.5 Å². The predicted octanol–water partition coefficient (Wildman–Crippen LogP) is 2.69. The van der Waals surface area contributed by atoms with Gasteiger partial charge in [-0.1, -0.05) is 19.1 Å². The molecule has 0 saturated heterocycles. The minimum absolute atomic E-state index is 0.00352. The number of carboxylic acid groups (broad SMARTS) is 1. The lowest BCUT2D eigenvalue weighted by Gasteiger charge is -2.24. The molecule has 0 aliphatic heterocycles. The zero-order valence-electron chi connectivity index (χ0n) is 12.2. The highest BCUT2D eigenvalue weighted by Crippen LogP contribution is 2.36. The second-order valence-electron chi connectivity index (χ2n) is 5.22. The van der Waals surface area contributed by atoms with Crippen LogP contribution in [0.3, 0.4) is 0 Å². The van der Waals surface area contributed by atoms with Gasteiger partial charge in [0.1, 0.15) is 5.75 Å². The van der Waals surface area contributed by atoms with Crippen LogP contribution < -0.4 is 9.64 Å². The molecule has 2 rings (SSSR count). The van der Waals surface area contributed by atoms with E-state index in [4.69, 9.17) is 9.84 Å². The third-order valence-corrected chi connectivity index (χ3v) is 3.36. The summed E-state index contributed by atoms with van der Waals surface area (Å²) in [6, 6.07) is 7.32. The van der Waals surface area contributed by atoms with Crippen molar-refractivity contribution in [1.29, 1.82) is 0 Å². The average Bonchev–Trinajstić information content (AvgIpc) is 3.30. The Kier molecular flexibility index (Phi) is 5.20. The Morgan fingerprint density at radius 3 is 2.67 bits per heavy atom. The smallest absolute Gasteiger partial charge is 0.305 e. The number of anilines is 1. The number of para-hydroxylation sites is 2. The topological polar surface area (TPSA) is 66.8 Å². The number of carbonyl (C=O) groups excluding carboxylic acids is 1. The van der Waals surface area contributed by atoms with E-state index in [2.05, 4.69) is 0 Å². The number of carbonyl (C=O) groups is 2. The molecule has 1 aliphatic carbocycles. The van der Waals surface area contributed by atoms with Crippen LogP contribution in [0.2, 0.25) is 0 Å². The summed E-state index contributed by atoms with van der Waals surface area (Å²) < 4.78 is 5.68. The van der Waals surface area contributed by atoms with Crippen molar-refractivity contribution in [2.24, 2.45) is 5.92 Å². The minimum atomic E-state index is -0.907. The Morgan fingerprint density at radius 2 is 2.05 bits per heavy atom. The van der Waals surface area contributed by atoms with Gasteiger partial charge >= 0.3 is 5.97 Å². The molecule has 5 nitrogen and oxygen atoms in total. The first-order chi connectivity index (χ1) is 10.1. The van der Waals surface area contributed by atoms with Crippen LogP contribution in [0.5, 0.6) is 5.75 Å². The first kappa shape index (κ1) is 15.4. The summed E-state index contributed by atoms with van der Waals surface area (Å²) in [4.78, 5) is 24.8. The van der Waals surface area contributed by atoms with E-state index in [1.807, 2.05) is 31.2 Å². The van der Waals surface area contributed by atoms with Gasteiger partial charge in [0.05, 0.1) is 18.7 Å². The summed E-state index contributed by atoms with van der Waals surface area (Å²) in [6.07, 6.45) is 2.58. The molecular weight excluding hydrogens is 270 g/mol. The van der Waals surface area contributed by atoms with E-state index in [0.717, 1.165) is 19.3 Å². The molecule has 1 N–H and O–H groups in total. The average molecular weight is 291 g/mol. The highest BCUT2D eigenvalue weighted by atomic mass is 16.5. The fourth-order valence-electron chi connectivity index (χ4n) is 2.12. The molecule has 1 saturated carbocycles.